The Morgan fingerprint density at radius 3 is 2.48 bits per heavy atom. The first kappa shape index (κ1) is 23.6. The first-order chi connectivity index (χ1) is 14.1. The summed E-state index contributed by atoms with van der Waals surface area (Å²) >= 11 is 1.16. The lowest BCUT2D eigenvalue weighted by Crippen LogP contribution is -2.46. The Kier molecular flexibility index (Phi) is 9.90. The minimum Gasteiger partial charge on any atom is -0.400 e. The highest BCUT2D eigenvalue weighted by Gasteiger charge is 2.29. The summed E-state index contributed by atoms with van der Waals surface area (Å²) < 4.78 is 13.5. The molecule has 2 fully saturated rings. The van der Waals surface area contributed by atoms with Crippen LogP contribution in [0.4, 0.5) is 5.69 Å². The summed E-state index contributed by atoms with van der Waals surface area (Å²) in [6.07, 6.45) is -1.23. The molecule has 160 valence electrons. The van der Waals surface area contributed by atoms with Gasteiger partial charge in [0, 0.05) is 25.9 Å². The van der Waals surface area contributed by atoms with Crippen molar-refractivity contribution >= 4 is 23.2 Å². The predicted octanol–water partition coefficient (Wildman–Crippen LogP) is 1.09. The Labute approximate surface area is 175 Å². The molecule has 1 aromatic rings. The fourth-order valence-electron chi connectivity index (χ4n) is 3.10. The van der Waals surface area contributed by atoms with E-state index in [4.69, 9.17) is 14.6 Å². The third-order valence-corrected chi connectivity index (χ3v) is 5.78. The number of nitrogens with zero attached hydrogens (tertiary/aromatic N) is 2. The maximum Gasteiger partial charge on any atom is 0.171 e. The van der Waals surface area contributed by atoms with Crippen molar-refractivity contribution in [2.75, 3.05) is 44.9 Å². The second-order valence-electron chi connectivity index (χ2n) is 6.65. The minimum absolute atomic E-state index is 0.124. The zero-order valence-corrected chi connectivity index (χ0v) is 17.6. The number of rotatable bonds is 5. The number of nitrogens with one attached hydrogen (secondary N) is 1. The largest absolute Gasteiger partial charge is 0.400 e. The Hall–Kier alpha value is -1.64. The molecule has 0 radical (unpaired) electrons. The lowest BCUT2D eigenvalue weighted by Gasteiger charge is -2.31. The number of nitriles is 1. The molecule has 0 spiro atoms. The van der Waals surface area contributed by atoms with Gasteiger partial charge in [0.15, 0.2) is 6.29 Å². The molecule has 29 heavy (non-hydrogen) atoms. The second kappa shape index (κ2) is 12.1. The van der Waals surface area contributed by atoms with Crippen molar-refractivity contribution in [3.8, 4) is 6.07 Å². The van der Waals surface area contributed by atoms with Crippen LogP contribution in [-0.2, 0) is 9.47 Å². The average molecular weight is 424 g/mol. The fourth-order valence-corrected chi connectivity index (χ4v) is 3.90. The highest BCUT2D eigenvalue weighted by Crippen LogP contribution is 2.28. The van der Waals surface area contributed by atoms with Gasteiger partial charge in [0.1, 0.15) is 11.0 Å². The van der Waals surface area contributed by atoms with Gasteiger partial charge < -0.3 is 29.7 Å². The number of ether oxygens (including phenoxy) is 2. The van der Waals surface area contributed by atoms with E-state index >= 15 is 0 Å². The van der Waals surface area contributed by atoms with Gasteiger partial charge in [0.25, 0.3) is 0 Å². The normalized spacial score (nSPS) is 25.4. The minimum atomic E-state index is -0.992. The van der Waals surface area contributed by atoms with Crippen LogP contribution in [0.25, 0.3) is 5.57 Å². The summed E-state index contributed by atoms with van der Waals surface area (Å²) in [5.41, 5.74) is 2.98. The Bertz CT molecular complexity index is 701. The van der Waals surface area contributed by atoms with Crippen molar-refractivity contribution in [3.63, 3.8) is 0 Å². The van der Waals surface area contributed by atoms with E-state index in [9.17, 15) is 15.5 Å². The average Bonchev–Trinajstić information content (AvgIpc) is 2.78. The summed E-state index contributed by atoms with van der Waals surface area (Å²) in [6, 6.07) is 9.93. The molecular weight excluding hydrogens is 394 g/mol. The molecule has 3 atom stereocenters. The van der Waals surface area contributed by atoms with Crippen molar-refractivity contribution in [2.45, 2.75) is 31.8 Å². The highest BCUT2D eigenvalue weighted by atomic mass is 32.2. The van der Waals surface area contributed by atoms with Gasteiger partial charge in [-0.1, -0.05) is 12.1 Å². The zero-order valence-electron chi connectivity index (χ0n) is 16.7. The summed E-state index contributed by atoms with van der Waals surface area (Å²) in [5.74, 6) is 0. The van der Waals surface area contributed by atoms with Gasteiger partial charge >= 0.3 is 0 Å². The first-order valence-electron chi connectivity index (χ1n) is 9.47. The van der Waals surface area contributed by atoms with Crippen molar-refractivity contribution < 1.29 is 24.8 Å². The molecule has 2 aliphatic rings. The molecule has 0 bridgehead atoms. The number of hydrogen-bond donors (Lipinski definition) is 4. The Morgan fingerprint density at radius 2 is 1.86 bits per heavy atom. The smallest absolute Gasteiger partial charge is 0.171 e. The third kappa shape index (κ3) is 6.69. The predicted molar refractivity (Wildman–Crippen MR) is 113 cm³/mol. The number of aliphatic hydroxyl groups is 3. The van der Waals surface area contributed by atoms with Gasteiger partial charge in [-0.2, -0.15) is 5.26 Å². The van der Waals surface area contributed by atoms with Gasteiger partial charge in [-0.05, 0) is 48.6 Å². The molecule has 2 saturated heterocycles. The number of morpholine rings is 1. The molecule has 9 heteroatoms. The monoisotopic (exact) mass is 423 g/mol. The topological polar surface area (TPSA) is 118 Å². The van der Waals surface area contributed by atoms with E-state index in [0.717, 1.165) is 62.2 Å². The van der Waals surface area contributed by atoms with Crippen LogP contribution in [0.2, 0.25) is 0 Å². The SMILES string of the molecule is C/C(=C(/C#N)SNC1CC(O)COC1O)c1ccc(N2CCOCC2)cc1.CO. The van der Waals surface area contributed by atoms with Crippen LogP contribution in [0, 0.1) is 11.3 Å². The molecule has 2 aliphatic heterocycles. The molecule has 4 N–H and O–H groups in total. The number of allylic oxidation sites excluding steroid dienone is 2. The molecule has 2 heterocycles. The standard InChI is InChI=1S/C19H25N3O4S.CH4O/c1-13(14-2-4-15(5-3-14)22-6-8-25-9-7-22)18(11-20)27-21-17-10-16(23)12-26-19(17)24;1-2/h2-5,16-17,19,21,23-24H,6-10,12H2,1H3;2H,1H3/b18-13+;. The van der Waals surface area contributed by atoms with Crippen LogP contribution in [-0.4, -0.2) is 73.8 Å². The molecule has 0 aromatic heterocycles. The molecule has 0 aliphatic carbocycles. The van der Waals surface area contributed by atoms with E-state index in [1.54, 1.807) is 0 Å². The number of anilines is 1. The van der Waals surface area contributed by atoms with Gasteiger partial charge in [-0.15, -0.1) is 0 Å². The van der Waals surface area contributed by atoms with Crippen LogP contribution in [0.15, 0.2) is 29.2 Å². The van der Waals surface area contributed by atoms with E-state index in [1.165, 1.54) is 0 Å². The fraction of sp³-hybridized carbons (Fsp3) is 0.550. The Morgan fingerprint density at radius 1 is 1.21 bits per heavy atom. The molecular formula is C20H29N3O5S. The third-order valence-electron chi connectivity index (χ3n) is 4.76. The van der Waals surface area contributed by atoms with E-state index in [0.29, 0.717) is 11.3 Å². The first-order valence-corrected chi connectivity index (χ1v) is 10.3. The van der Waals surface area contributed by atoms with Crippen molar-refractivity contribution in [2.24, 2.45) is 0 Å². The maximum atomic E-state index is 9.86. The number of benzene rings is 1. The van der Waals surface area contributed by atoms with E-state index in [1.807, 2.05) is 19.1 Å². The molecule has 3 rings (SSSR count). The quantitative estimate of drug-likeness (QED) is 0.408. The second-order valence-corrected chi connectivity index (χ2v) is 7.50. The van der Waals surface area contributed by atoms with Crippen molar-refractivity contribution in [1.82, 2.24) is 4.72 Å². The van der Waals surface area contributed by atoms with Crippen LogP contribution >= 0.6 is 11.9 Å². The van der Waals surface area contributed by atoms with E-state index in [-0.39, 0.29) is 6.61 Å². The zero-order chi connectivity index (χ0) is 21.2. The van der Waals surface area contributed by atoms with Gasteiger partial charge in [0.2, 0.25) is 0 Å². The van der Waals surface area contributed by atoms with E-state index in [2.05, 4.69) is 27.8 Å². The lowest BCUT2D eigenvalue weighted by molar-refractivity contribution is -0.168. The van der Waals surface area contributed by atoms with Gasteiger partial charge in [-0.3, -0.25) is 4.72 Å². The van der Waals surface area contributed by atoms with Gasteiger partial charge in [0.05, 0.1) is 32.0 Å². The molecule has 0 saturated carbocycles. The molecule has 8 nitrogen and oxygen atoms in total. The highest BCUT2D eigenvalue weighted by molar-refractivity contribution is 8.01. The van der Waals surface area contributed by atoms with Crippen LogP contribution < -0.4 is 9.62 Å². The summed E-state index contributed by atoms with van der Waals surface area (Å²) in [6.45, 7) is 5.28. The van der Waals surface area contributed by atoms with E-state index < -0.39 is 18.4 Å². The number of aliphatic hydroxyl groups excluding tert-OH is 3. The van der Waals surface area contributed by atoms with Crippen LogP contribution in [0.1, 0.15) is 18.9 Å². The van der Waals surface area contributed by atoms with Crippen molar-refractivity contribution in [3.05, 3.63) is 34.7 Å². The summed E-state index contributed by atoms with van der Waals surface area (Å²) in [4.78, 5) is 2.80. The molecule has 1 aromatic carbocycles. The lowest BCUT2D eigenvalue weighted by atomic mass is 10.1. The van der Waals surface area contributed by atoms with Gasteiger partial charge in [-0.25, -0.2) is 0 Å². The Balaban J connectivity index is 0.00000145. The molecule has 0 amide bonds. The number of hydrogen-bond acceptors (Lipinski definition) is 9. The summed E-state index contributed by atoms with van der Waals surface area (Å²) in [5, 5.41) is 36.1. The summed E-state index contributed by atoms with van der Waals surface area (Å²) in [7, 11) is 1.00. The molecule has 3 unspecified atom stereocenters. The maximum absolute atomic E-state index is 9.86. The van der Waals surface area contributed by atoms with Crippen LogP contribution in [0.3, 0.4) is 0 Å². The van der Waals surface area contributed by atoms with Crippen molar-refractivity contribution in [1.29, 1.82) is 5.26 Å². The van der Waals surface area contributed by atoms with Crippen LogP contribution in [0.5, 0.6) is 0 Å².